The molecule has 2 fully saturated rings. The third-order valence-corrected chi connectivity index (χ3v) is 5.58. The first-order valence-electron chi connectivity index (χ1n) is 9.09. The van der Waals surface area contributed by atoms with Gasteiger partial charge in [-0.25, -0.2) is 4.98 Å². The standard InChI is InChI=1S/C19H25N3O3/c1-14-4-7-22-17(11-14)20-15(12-18(22)24)13-21-8-5-19(6-9-21)16(23)3-2-10-25-19/h4,7,11-12,16,23H,2-3,5-6,8-10,13H2,1H3/t16-/m0/s1. The number of piperidine rings is 1. The summed E-state index contributed by atoms with van der Waals surface area (Å²) in [5.41, 5.74) is 2.19. The summed E-state index contributed by atoms with van der Waals surface area (Å²) in [7, 11) is 0. The summed E-state index contributed by atoms with van der Waals surface area (Å²) in [5, 5.41) is 10.3. The van der Waals surface area contributed by atoms with Gasteiger partial charge in [0, 0.05) is 38.5 Å². The van der Waals surface area contributed by atoms with Crippen LogP contribution in [-0.2, 0) is 11.3 Å². The average Bonchev–Trinajstić information content (AvgIpc) is 2.59. The number of rotatable bonds is 2. The molecule has 0 saturated carbocycles. The summed E-state index contributed by atoms with van der Waals surface area (Å²) in [6, 6.07) is 5.47. The quantitative estimate of drug-likeness (QED) is 0.895. The van der Waals surface area contributed by atoms with E-state index in [1.165, 1.54) is 0 Å². The second kappa shape index (κ2) is 6.52. The molecule has 134 valence electrons. The van der Waals surface area contributed by atoms with Crippen LogP contribution in [0.1, 0.15) is 36.9 Å². The Kier molecular flexibility index (Phi) is 4.35. The Hall–Kier alpha value is -1.76. The zero-order chi connectivity index (χ0) is 17.4. The Morgan fingerprint density at radius 2 is 2.16 bits per heavy atom. The lowest BCUT2D eigenvalue weighted by Crippen LogP contribution is -2.55. The molecule has 0 aromatic carbocycles. The van der Waals surface area contributed by atoms with Gasteiger partial charge in [-0.2, -0.15) is 0 Å². The van der Waals surface area contributed by atoms with E-state index in [2.05, 4.69) is 9.88 Å². The highest BCUT2D eigenvalue weighted by atomic mass is 16.5. The molecule has 1 atom stereocenters. The Morgan fingerprint density at radius 3 is 2.92 bits per heavy atom. The van der Waals surface area contributed by atoms with Crippen LogP contribution in [0.2, 0.25) is 0 Å². The van der Waals surface area contributed by atoms with Crippen molar-refractivity contribution in [2.45, 2.75) is 50.9 Å². The third-order valence-electron chi connectivity index (χ3n) is 5.58. The molecule has 0 amide bonds. The SMILES string of the molecule is Cc1ccn2c(=O)cc(CN3CCC4(CC3)OCCC[C@@H]4O)nc2c1. The van der Waals surface area contributed by atoms with Crippen molar-refractivity contribution in [2.24, 2.45) is 0 Å². The van der Waals surface area contributed by atoms with E-state index in [4.69, 9.17) is 4.74 Å². The van der Waals surface area contributed by atoms with Crippen molar-refractivity contribution in [1.82, 2.24) is 14.3 Å². The summed E-state index contributed by atoms with van der Waals surface area (Å²) in [4.78, 5) is 19.2. The van der Waals surface area contributed by atoms with E-state index in [9.17, 15) is 9.90 Å². The fourth-order valence-corrected chi connectivity index (χ4v) is 4.04. The van der Waals surface area contributed by atoms with Crippen molar-refractivity contribution in [2.75, 3.05) is 19.7 Å². The maximum Gasteiger partial charge on any atom is 0.258 e. The number of nitrogens with zero attached hydrogens (tertiary/aromatic N) is 3. The normalized spacial score (nSPS) is 24.0. The topological polar surface area (TPSA) is 67.1 Å². The molecule has 6 nitrogen and oxygen atoms in total. The van der Waals surface area contributed by atoms with Crippen LogP contribution in [0.5, 0.6) is 0 Å². The Labute approximate surface area is 147 Å². The summed E-state index contributed by atoms with van der Waals surface area (Å²) in [6.07, 6.45) is 4.87. The van der Waals surface area contributed by atoms with Gasteiger partial charge in [0.1, 0.15) is 5.65 Å². The predicted molar refractivity (Wildman–Crippen MR) is 94.6 cm³/mol. The molecule has 2 saturated heterocycles. The average molecular weight is 343 g/mol. The number of pyridine rings is 1. The first-order valence-corrected chi connectivity index (χ1v) is 9.09. The van der Waals surface area contributed by atoms with Crippen molar-refractivity contribution in [3.63, 3.8) is 0 Å². The fourth-order valence-electron chi connectivity index (χ4n) is 4.04. The van der Waals surface area contributed by atoms with E-state index in [1.807, 2.05) is 19.1 Å². The number of likely N-dealkylation sites (tertiary alicyclic amines) is 1. The molecule has 4 heterocycles. The van der Waals surface area contributed by atoms with Crippen molar-refractivity contribution < 1.29 is 9.84 Å². The maximum atomic E-state index is 12.3. The van der Waals surface area contributed by atoms with Gasteiger partial charge in [-0.1, -0.05) is 0 Å². The van der Waals surface area contributed by atoms with Crippen molar-refractivity contribution >= 4 is 5.65 Å². The number of hydrogen-bond donors (Lipinski definition) is 1. The molecule has 4 rings (SSSR count). The molecular weight excluding hydrogens is 318 g/mol. The Morgan fingerprint density at radius 1 is 1.36 bits per heavy atom. The van der Waals surface area contributed by atoms with E-state index in [1.54, 1.807) is 16.7 Å². The summed E-state index contributed by atoms with van der Waals surface area (Å²) < 4.78 is 7.54. The Bertz CT molecular complexity index is 824. The second-order valence-corrected chi connectivity index (χ2v) is 7.37. The summed E-state index contributed by atoms with van der Waals surface area (Å²) in [5.74, 6) is 0. The van der Waals surface area contributed by atoms with Gasteiger partial charge in [-0.15, -0.1) is 0 Å². The van der Waals surface area contributed by atoms with Crippen LogP contribution in [0.25, 0.3) is 5.65 Å². The molecule has 2 aliphatic rings. The molecule has 0 radical (unpaired) electrons. The summed E-state index contributed by atoms with van der Waals surface area (Å²) in [6.45, 7) is 5.11. The Balaban J connectivity index is 1.48. The zero-order valence-corrected chi connectivity index (χ0v) is 14.6. The largest absolute Gasteiger partial charge is 0.390 e. The lowest BCUT2D eigenvalue weighted by atomic mass is 9.82. The molecule has 6 heteroatoms. The number of aliphatic hydroxyl groups is 1. The maximum absolute atomic E-state index is 12.3. The minimum absolute atomic E-state index is 0.0421. The van der Waals surface area contributed by atoms with Crippen molar-refractivity contribution in [3.8, 4) is 0 Å². The number of aliphatic hydroxyl groups excluding tert-OH is 1. The molecule has 0 unspecified atom stereocenters. The smallest absolute Gasteiger partial charge is 0.258 e. The van der Waals surface area contributed by atoms with Gasteiger partial charge in [-0.05, 0) is 50.3 Å². The highest BCUT2D eigenvalue weighted by Crippen LogP contribution is 2.35. The molecule has 2 aromatic heterocycles. The van der Waals surface area contributed by atoms with Crippen LogP contribution in [0.15, 0.2) is 29.2 Å². The van der Waals surface area contributed by atoms with Gasteiger partial charge >= 0.3 is 0 Å². The van der Waals surface area contributed by atoms with E-state index in [0.29, 0.717) is 12.2 Å². The van der Waals surface area contributed by atoms with Crippen LogP contribution in [0, 0.1) is 6.92 Å². The summed E-state index contributed by atoms with van der Waals surface area (Å²) >= 11 is 0. The molecule has 1 N–H and O–H groups in total. The van der Waals surface area contributed by atoms with Gasteiger partial charge in [0.15, 0.2) is 0 Å². The van der Waals surface area contributed by atoms with Gasteiger partial charge in [0.05, 0.1) is 17.4 Å². The minimum Gasteiger partial charge on any atom is -0.390 e. The molecule has 25 heavy (non-hydrogen) atoms. The predicted octanol–water partition coefficient (Wildman–Crippen LogP) is 1.51. The number of aryl methyl sites for hydroxylation is 1. The molecular formula is C19H25N3O3. The number of fused-ring (bicyclic) bond motifs is 1. The second-order valence-electron chi connectivity index (χ2n) is 7.37. The fraction of sp³-hybridized carbons (Fsp3) is 0.579. The lowest BCUT2D eigenvalue weighted by Gasteiger charge is -2.46. The van der Waals surface area contributed by atoms with Gasteiger partial charge in [-0.3, -0.25) is 14.1 Å². The van der Waals surface area contributed by atoms with Crippen LogP contribution < -0.4 is 5.56 Å². The number of ether oxygens (including phenoxy) is 1. The number of hydrogen-bond acceptors (Lipinski definition) is 5. The molecule has 2 aliphatic heterocycles. The highest BCUT2D eigenvalue weighted by Gasteiger charge is 2.43. The number of aromatic nitrogens is 2. The van der Waals surface area contributed by atoms with Gasteiger partial charge < -0.3 is 9.84 Å². The molecule has 2 aromatic rings. The zero-order valence-electron chi connectivity index (χ0n) is 14.6. The van der Waals surface area contributed by atoms with Crippen LogP contribution in [0.3, 0.4) is 0 Å². The van der Waals surface area contributed by atoms with E-state index >= 15 is 0 Å². The molecule has 1 spiro atoms. The van der Waals surface area contributed by atoms with E-state index in [0.717, 1.165) is 56.6 Å². The minimum atomic E-state index is -0.359. The van der Waals surface area contributed by atoms with Gasteiger partial charge in [0.2, 0.25) is 0 Å². The third kappa shape index (κ3) is 3.21. The monoisotopic (exact) mass is 343 g/mol. The van der Waals surface area contributed by atoms with Gasteiger partial charge in [0.25, 0.3) is 5.56 Å². The highest BCUT2D eigenvalue weighted by molar-refractivity contribution is 5.41. The van der Waals surface area contributed by atoms with Crippen molar-refractivity contribution in [3.05, 3.63) is 46.0 Å². The van der Waals surface area contributed by atoms with Crippen LogP contribution in [0.4, 0.5) is 0 Å². The van der Waals surface area contributed by atoms with Crippen LogP contribution >= 0.6 is 0 Å². The van der Waals surface area contributed by atoms with Crippen LogP contribution in [-0.4, -0.2) is 50.8 Å². The molecule has 0 aliphatic carbocycles. The molecule has 0 bridgehead atoms. The first-order chi connectivity index (χ1) is 12.1. The van der Waals surface area contributed by atoms with E-state index in [-0.39, 0.29) is 17.3 Å². The lowest BCUT2D eigenvalue weighted by molar-refractivity contribution is -0.177. The van der Waals surface area contributed by atoms with Crippen molar-refractivity contribution in [1.29, 1.82) is 0 Å². The first kappa shape index (κ1) is 16.7. The van der Waals surface area contributed by atoms with E-state index < -0.39 is 0 Å².